The van der Waals surface area contributed by atoms with Gasteiger partial charge in [0.05, 0.1) is 0 Å². The summed E-state index contributed by atoms with van der Waals surface area (Å²) in [4.78, 5) is 11.3. The minimum atomic E-state index is 0.00568. The van der Waals surface area contributed by atoms with Crippen molar-refractivity contribution >= 4 is 5.91 Å². The molecule has 0 aromatic heterocycles. The monoisotopic (exact) mass is 221 g/mol. The third-order valence-electron chi connectivity index (χ3n) is 1.89. The van der Waals surface area contributed by atoms with Crippen LogP contribution in [0.2, 0.25) is 0 Å². The van der Waals surface area contributed by atoms with Crippen LogP contribution in [-0.2, 0) is 4.79 Å². The first-order valence-corrected chi connectivity index (χ1v) is 5.89. The van der Waals surface area contributed by atoms with E-state index in [0.29, 0.717) is 5.92 Å². The fourth-order valence-corrected chi connectivity index (χ4v) is 1.03. The van der Waals surface area contributed by atoms with E-state index in [4.69, 9.17) is 0 Å². The van der Waals surface area contributed by atoms with E-state index in [-0.39, 0.29) is 5.91 Å². The summed E-state index contributed by atoms with van der Waals surface area (Å²) in [7, 11) is 0. The molecule has 0 aromatic carbocycles. The van der Waals surface area contributed by atoms with Crippen molar-refractivity contribution in [3.63, 3.8) is 0 Å². The molecule has 90 valence electrons. The molecule has 2 nitrogen and oxygen atoms in total. The van der Waals surface area contributed by atoms with Gasteiger partial charge in [0.25, 0.3) is 0 Å². The zero-order valence-corrected chi connectivity index (χ0v) is 10.6. The fraction of sp³-hybridized carbons (Fsp3) is 0.500. The minimum Gasteiger partial charge on any atom is -0.352 e. The normalized spacial score (nSPS) is 12.2. The zero-order chi connectivity index (χ0) is 12.2. The maximum Gasteiger partial charge on any atom is 0.243 e. The molecule has 0 spiro atoms. The SMILES string of the molecule is C/C=C/C=C/CC/C=C\C(=O)NCC(C)C. The molecule has 0 fully saturated rings. The van der Waals surface area contributed by atoms with E-state index in [1.165, 1.54) is 0 Å². The number of carbonyl (C=O) groups is 1. The van der Waals surface area contributed by atoms with Crippen molar-refractivity contribution < 1.29 is 4.79 Å². The van der Waals surface area contributed by atoms with Gasteiger partial charge >= 0.3 is 0 Å². The van der Waals surface area contributed by atoms with Crippen molar-refractivity contribution in [2.45, 2.75) is 33.6 Å². The Kier molecular flexibility index (Phi) is 9.38. The van der Waals surface area contributed by atoms with E-state index >= 15 is 0 Å². The third-order valence-corrected chi connectivity index (χ3v) is 1.89. The quantitative estimate of drug-likeness (QED) is 0.399. The summed E-state index contributed by atoms with van der Waals surface area (Å²) in [5, 5.41) is 2.84. The summed E-state index contributed by atoms with van der Waals surface area (Å²) in [5.74, 6) is 0.507. The van der Waals surface area contributed by atoms with Gasteiger partial charge in [-0.05, 0) is 31.8 Å². The first kappa shape index (κ1) is 14.7. The van der Waals surface area contributed by atoms with Crippen LogP contribution in [0.5, 0.6) is 0 Å². The summed E-state index contributed by atoms with van der Waals surface area (Å²) in [6.07, 6.45) is 13.5. The molecule has 0 bridgehead atoms. The van der Waals surface area contributed by atoms with Crippen LogP contribution >= 0.6 is 0 Å². The maximum atomic E-state index is 11.3. The van der Waals surface area contributed by atoms with Crippen molar-refractivity contribution in [3.8, 4) is 0 Å². The van der Waals surface area contributed by atoms with Crippen LogP contribution in [0.3, 0.4) is 0 Å². The molecule has 2 heteroatoms. The number of hydrogen-bond donors (Lipinski definition) is 1. The standard InChI is InChI=1S/C14H23NO/c1-4-5-6-7-8-9-10-11-14(16)15-12-13(2)3/h4-7,10-11,13H,8-9,12H2,1-3H3,(H,15,16)/b5-4+,7-6+,11-10-. The second kappa shape index (κ2) is 10.2. The Bertz CT molecular complexity index is 262. The molecule has 0 aliphatic rings. The fourth-order valence-electron chi connectivity index (χ4n) is 1.03. The Labute approximate surface area is 99.1 Å². The average molecular weight is 221 g/mol. The molecule has 0 aromatic rings. The van der Waals surface area contributed by atoms with Crippen LogP contribution in [0.25, 0.3) is 0 Å². The molecule has 16 heavy (non-hydrogen) atoms. The Morgan fingerprint density at radius 1 is 1.19 bits per heavy atom. The molecule has 0 saturated heterocycles. The van der Waals surface area contributed by atoms with Gasteiger partial charge in [0.1, 0.15) is 0 Å². The lowest BCUT2D eigenvalue weighted by Gasteiger charge is -2.03. The number of rotatable bonds is 7. The predicted octanol–water partition coefficient (Wildman–Crippen LogP) is 3.23. The van der Waals surface area contributed by atoms with Crippen LogP contribution in [0.15, 0.2) is 36.5 Å². The summed E-state index contributed by atoms with van der Waals surface area (Å²) in [5.41, 5.74) is 0. The van der Waals surface area contributed by atoms with Gasteiger partial charge in [0.2, 0.25) is 5.91 Å². The molecule has 1 N–H and O–H groups in total. The lowest BCUT2D eigenvalue weighted by molar-refractivity contribution is -0.116. The van der Waals surface area contributed by atoms with Gasteiger partial charge in [-0.15, -0.1) is 0 Å². The van der Waals surface area contributed by atoms with Gasteiger partial charge in [-0.3, -0.25) is 4.79 Å². The second-order valence-corrected chi connectivity index (χ2v) is 4.07. The first-order valence-electron chi connectivity index (χ1n) is 5.89. The summed E-state index contributed by atoms with van der Waals surface area (Å²) in [6, 6.07) is 0. The zero-order valence-electron chi connectivity index (χ0n) is 10.6. The Morgan fingerprint density at radius 3 is 2.50 bits per heavy atom. The third kappa shape index (κ3) is 10.8. The predicted molar refractivity (Wildman–Crippen MR) is 70.2 cm³/mol. The van der Waals surface area contributed by atoms with E-state index in [2.05, 4.69) is 25.2 Å². The highest BCUT2D eigenvalue weighted by molar-refractivity contribution is 5.87. The minimum absolute atomic E-state index is 0.00568. The van der Waals surface area contributed by atoms with Crippen molar-refractivity contribution in [2.75, 3.05) is 6.54 Å². The molecule has 0 radical (unpaired) electrons. The van der Waals surface area contributed by atoms with E-state index in [9.17, 15) is 4.79 Å². The van der Waals surface area contributed by atoms with E-state index in [1.54, 1.807) is 6.08 Å². The lowest BCUT2D eigenvalue weighted by atomic mass is 10.2. The first-order chi connectivity index (χ1) is 7.66. The van der Waals surface area contributed by atoms with Crippen LogP contribution < -0.4 is 5.32 Å². The molecule has 0 heterocycles. The van der Waals surface area contributed by atoms with Crippen LogP contribution in [0.4, 0.5) is 0 Å². The highest BCUT2D eigenvalue weighted by Gasteiger charge is 1.96. The Hall–Kier alpha value is -1.31. The molecule has 0 unspecified atom stereocenters. The summed E-state index contributed by atoms with van der Waals surface area (Å²) < 4.78 is 0. The van der Waals surface area contributed by atoms with Gasteiger partial charge in [-0.25, -0.2) is 0 Å². The molecule has 0 atom stereocenters. The largest absolute Gasteiger partial charge is 0.352 e. The average Bonchev–Trinajstić information content (AvgIpc) is 2.25. The topological polar surface area (TPSA) is 29.1 Å². The maximum absolute atomic E-state index is 11.3. The highest BCUT2D eigenvalue weighted by Crippen LogP contribution is 1.93. The summed E-state index contributed by atoms with van der Waals surface area (Å²) >= 11 is 0. The van der Waals surface area contributed by atoms with Crippen molar-refractivity contribution in [1.29, 1.82) is 0 Å². The Balaban J connectivity index is 3.56. The Morgan fingerprint density at radius 2 is 1.88 bits per heavy atom. The van der Waals surface area contributed by atoms with Gasteiger partial charge in [-0.1, -0.05) is 44.2 Å². The van der Waals surface area contributed by atoms with Crippen LogP contribution in [0.1, 0.15) is 33.6 Å². The van der Waals surface area contributed by atoms with Gasteiger partial charge in [-0.2, -0.15) is 0 Å². The number of amides is 1. The summed E-state index contributed by atoms with van der Waals surface area (Å²) in [6.45, 7) is 6.89. The van der Waals surface area contributed by atoms with Gasteiger partial charge < -0.3 is 5.32 Å². The van der Waals surface area contributed by atoms with E-state index in [0.717, 1.165) is 19.4 Å². The van der Waals surface area contributed by atoms with Gasteiger partial charge in [0, 0.05) is 6.54 Å². The number of allylic oxidation sites excluding steroid dienone is 5. The molecule has 0 aliphatic heterocycles. The molecular weight excluding hydrogens is 198 g/mol. The number of carbonyl (C=O) groups excluding carboxylic acids is 1. The van der Waals surface area contributed by atoms with Crippen LogP contribution in [0, 0.1) is 5.92 Å². The number of hydrogen-bond acceptors (Lipinski definition) is 1. The number of nitrogens with one attached hydrogen (secondary N) is 1. The van der Waals surface area contributed by atoms with E-state index in [1.807, 2.05) is 31.2 Å². The molecule has 0 saturated carbocycles. The lowest BCUT2D eigenvalue weighted by Crippen LogP contribution is -2.25. The second-order valence-electron chi connectivity index (χ2n) is 4.07. The molecule has 0 aliphatic carbocycles. The van der Waals surface area contributed by atoms with Crippen molar-refractivity contribution in [1.82, 2.24) is 5.32 Å². The molecular formula is C14H23NO. The highest BCUT2D eigenvalue weighted by atomic mass is 16.1. The molecule has 1 amide bonds. The number of unbranched alkanes of at least 4 members (excludes halogenated alkanes) is 1. The van der Waals surface area contributed by atoms with Crippen molar-refractivity contribution in [3.05, 3.63) is 36.5 Å². The molecule has 0 rings (SSSR count). The smallest absolute Gasteiger partial charge is 0.243 e. The van der Waals surface area contributed by atoms with Crippen molar-refractivity contribution in [2.24, 2.45) is 5.92 Å². The van der Waals surface area contributed by atoms with E-state index < -0.39 is 0 Å². The van der Waals surface area contributed by atoms with Gasteiger partial charge in [0.15, 0.2) is 0 Å². The van der Waals surface area contributed by atoms with Crippen LogP contribution in [-0.4, -0.2) is 12.5 Å².